The van der Waals surface area contributed by atoms with E-state index in [-0.39, 0.29) is 12.3 Å². The minimum Gasteiger partial charge on any atom is -0.366 e. The van der Waals surface area contributed by atoms with E-state index in [1.807, 2.05) is 19.9 Å². The van der Waals surface area contributed by atoms with Crippen molar-refractivity contribution in [1.29, 1.82) is 0 Å². The summed E-state index contributed by atoms with van der Waals surface area (Å²) in [6.07, 6.45) is -4.12. The van der Waals surface area contributed by atoms with E-state index in [9.17, 15) is 26.3 Å². The van der Waals surface area contributed by atoms with Crippen LogP contribution < -0.4 is 0 Å². The molecular weight excluding hydrogens is 380 g/mol. The van der Waals surface area contributed by atoms with Crippen LogP contribution in [0.25, 0.3) is 0 Å². The van der Waals surface area contributed by atoms with E-state index in [1.54, 1.807) is 32.9 Å². The van der Waals surface area contributed by atoms with Crippen molar-refractivity contribution in [2.75, 3.05) is 6.54 Å². The molecule has 0 heterocycles. The molecule has 0 aromatic heterocycles. The second-order valence-corrected chi connectivity index (χ2v) is 9.66. The molecule has 0 unspecified atom stereocenters. The van der Waals surface area contributed by atoms with Gasteiger partial charge in [-0.15, -0.1) is 0 Å². The van der Waals surface area contributed by atoms with Crippen LogP contribution in [0.4, 0.5) is 26.3 Å². The molecule has 0 aliphatic heterocycles. The van der Waals surface area contributed by atoms with Crippen molar-refractivity contribution in [2.24, 2.45) is 16.7 Å². The van der Waals surface area contributed by atoms with Gasteiger partial charge in [0.15, 0.2) is 0 Å². The molecule has 0 atom stereocenters. The molecule has 0 radical (unpaired) electrons. The van der Waals surface area contributed by atoms with Gasteiger partial charge in [0.05, 0.1) is 10.8 Å². The highest BCUT2D eigenvalue weighted by Gasteiger charge is 2.53. The standard InChI is InChI=1S/C21H35F6N/c1-10-16(12-11-15(2)3)28(14-18(6,7)21(25,26)27)19(8,9)13-17(4,5)20(22,23)24/h10-12,15H,13-14H2,1-9H3/b12-11-,16-10+. The van der Waals surface area contributed by atoms with Crippen LogP contribution >= 0.6 is 0 Å². The van der Waals surface area contributed by atoms with Crippen LogP contribution in [0, 0.1) is 16.7 Å². The first-order valence-electron chi connectivity index (χ1n) is 9.43. The predicted octanol–water partition coefficient (Wildman–Crippen LogP) is 7.75. The minimum atomic E-state index is -4.48. The van der Waals surface area contributed by atoms with Crippen LogP contribution in [0.2, 0.25) is 0 Å². The van der Waals surface area contributed by atoms with Gasteiger partial charge >= 0.3 is 12.4 Å². The Labute approximate surface area is 165 Å². The Bertz CT molecular complexity index is 562. The summed E-state index contributed by atoms with van der Waals surface area (Å²) in [7, 11) is 0. The van der Waals surface area contributed by atoms with Crippen molar-refractivity contribution in [1.82, 2.24) is 4.90 Å². The van der Waals surface area contributed by atoms with E-state index in [0.717, 1.165) is 27.7 Å². The predicted molar refractivity (Wildman–Crippen MR) is 103 cm³/mol. The zero-order valence-corrected chi connectivity index (χ0v) is 18.4. The molecule has 0 aliphatic carbocycles. The molecule has 0 aromatic rings. The van der Waals surface area contributed by atoms with Gasteiger partial charge in [-0.05, 0) is 53.0 Å². The molecule has 0 aromatic carbocycles. The molecule has 0 amide bonds. The van der Waals surface area contributed by atoms with E-state index in [2.05, 4.69) is 0 Å². The third-order valence-corrected chi connectivity index (χ3v) is 4.95. The third-order valence-electron chi connectivity index (χ3n) is 4.95. The van der Waals surface area contributed by atoms with Gasteiger partial charge in [0.25, 0.3) is 0 Å². The number of hydrogen-bond acceptors (Lipinski definition) is 1. The van der Waals surface area contributed by atoms with Crippen molar-refractivity contribution in [3.63, 3.8) is 0 Å². The third kappa shape index (κ3) is 7.03. The van der Waals surface area contributed by atoms with Crippen molar-refractivity contribution in [3.8, 4) is 0 Å². The van der Waals surface area contributed by atoms with Crippen LogP contribution in [-0.4, -0.2) is 29.3 Å². The van der Waals surface area contributed by atoms with Crippen LogP contribution in [-0.2, 0) is 0 Å². The molecule has 0 saturated heterocycles. The van der Waals surface area contributed by atoms with Gasteiger partial charge in [-0.2, -0.15) is 26.3 Å². The Morgan fingerprint density at radius 1 is 0.821 bits per heavy atom. The molecule has 1 nitrogen and oxygen atoms in total. The topological polar surface area (TPSA) is 3.24 Å². The van der Waals surface area contributed by atoms with Crippen molar-refractivity contribution in [3.05, 3.63) is 23.9 Å². The van der Waals surface area contributed by atoms with Crippen LogP contribution in [0.1, 0.15) is 68.7 Å². The monoisotopic (exact) mass is 415 g/mol. The highest BCUT2D eigenvalue weighted by atomic mass is 19.4. The minimum absolute atomic E-state index is 0.155. The summed E-state index contributed by atoms with van der Waals surface area (Å²) in [5.74, 6) is 0.155. The van der Waals surface area contributed by atoms with E-state index >= 15 is 0 Å². The number of alkyl halides is 6. The van der Waals surface area contributed by atoms with Gasteiger partial charge in [-0.3, -0.25) is 0 Å². The quantitative estimate of drug-likeness (QED) is 0.289. The van der Waals surface area contributed by atoms with Crippen molar-refractivity contribution < 1.29 is 26.3 Å². The lowest BCUT2D eigenvalue weighted by Gasteiger charge is -2.48. The molecule has 0 rings (SSSR count). The fraction of sp³-hybridized carbons (Fsp3) is 0.810. The Morgan fingerprint density at radius 2 is 1.25 bits per heavy atom. The Balaban J connectivity index is 6.22. The molecular formula is C21H35F6N. The van der Waals surface area contributed by atoms with E-state index in [4.69, 9.17) is 0 Å². The van der Waals surface area contributed by atoms with Gasteiger partial charge in [0, 0.05) is 17.8 Å². The van der Waals surface area contributed by atoms with Gasteiger partial charge in [0.1, 0.15) is 0 Å². The van der Waals surface area contributed by atoms with Gasteiger partial charge in [0.2, 0.25) is 0 Å². The largest absolute Gasteiger partial charge is 0.395 e. The first-order valence-corrected chi connectivity index (χ1v) is 9.43. The fourth-order valence-electron chi connectivity index (χ4n) is 3.05. The molecule has 0 bridgehead atoms. The summed E-state index contributed by atoms with van der Waals surface area (Å²) >= 11 is 0. The Morgan fingerprint density at radius 3 is 1.57 bits per heavy atom. The Hall–Kier alpha value is -1.14. The van der Waals surface area contributed by atoms with E-state index in [1.165, 1.54) is 4.90 Å². The first-order chi connectivity index (χ1) is 12.2. The Kier molecular flexibility index (Phi) is 8.35. The normalized spacial score (nSPS) is 15.6. The van der Waals surface area contributed by atoms with Crippen LogP contribution in [0.3, 0.4) is 0 Å². The molecule has 166 valence electrons. The summed E-state index contributed by atoms with van der Waals surface area (Å²) < 4.78 is 81.0. The van der Waals surface area contributed by atoms with E-state index < -0.39 is 35.3 Å². The van der Waals surface area contributed by atoms with Gasteiger partial charge in [-0.1, -0.05) is 39.8 Å². The maximum atomic E-state index is 13.5. The highest BCUT2D eigenvalue weighted by molar-refractivity contribution is 5.21. The lowest BCUT2D eigenvalue weighted by atomic mass is 9.77. The zero-order chi connectivity index (χ0) is 22.8. The summed E-state index contributed by atoms with van der Waals surface area (Å²) in [4.78, 5) is 1.47. The number of halogens is 6. The maximum absolute atomic E-state index is 13.5. The molecule has 0 N–H and O–H groups in total. The number of rotatable bonds is 8. The molecule has 0 aliphatic rings. The molecule has 0 fully saturated rings. The van der Waals surface area contributed by atoms with E-state index in [0.29, 0.717) is 5.70 Å². The number of allylic oxidation sites excluding steroid dienone is 3. The molecule has 28 heavy (non-hydrogen) atoms. The SMILES string of the molecule is C/C=C(\C=C/C(C)C)N(CC(C)(C)C(F)(F)F)C(C)(C)CC(C)(C)C(F)(F)F. The molecule has 0 saturated carbocycles. The summed E-state index contributed by atoms with van der Waals surface area (Å²) in [6.45, 7) is 12.5. The average molecular weight is 416 g/mol. The molecule has 7 heteroatoms. The lowest BCUT2D eigenvalue weighted by molar-refractivity contribution is -0.230. The zero-order valence-electron chi connectivity index (χ0n) is 18.4. The highest BCUT2D eigenvalue weighted by Crippen LogP contribution is 2.47. The fourth-order valence-corrected chi connectivity index (χ4v) is 3.05. The summed E-state index contributed by atoms with van der Waals surface area (Å²) in [5.41, 5.74) is -4.82. The van der Waals surface area contributed by atoms with Crippen molar-refractivity contribution in [2.45, 2.75) is 86.6 Å². The van der Waals surface area contributed by atoms with Crippen molar-refractivity contribution >= 4 is 0 Å². The summed E-state index contributed by atoms with van der Waals surface area (Å²) in [5, 5.41) is 0. The van der Waals surface area contributed by atoms with Gasteiger partial charge in [-0.25, -0.2) is 0 Å². The van der Waals surface area contributed by atoms with Crippen LogP contribution in [0.15, 0.2) is 23.9 Å². The second-order valence-electron chi connectivity index (χ2n) is 9.66. The number of hydrogen-bond donors (Lipinski definition) is 0. The average Bonchev–Trinajstić information content (AvgIpc) is 2.42. The van der Waals surface area contributed by atoms with Crippen LogP contribution in [0.5, 0.6) is 0 Å². The number of nitrogens with zero attached hydrogens (tertiary/aromatic N) is 1. The summed E-state index contributed by atoms with van der Waals surface area (Å²) in [6, 6.07) is 0. The van der Waals surface area contributed by atoms with Gasteiger partial charge < -0.3 is 4.90 Å². The molecule has 0 spiro atoms. The first kappa shape index (κ1) is 26.9. The smallest absolute Gasteiger partial charge is 0.366 e. The lowest BCUT2D eigenvalue weighted by Crippen LogP contribution is -2.53. The maximum Gasteiger partial charge on any atom is 0.395 e. The second kappa shape index (κ2) is 8.70.